The van der Waals surface area contributed by atoms with Crippen molar-refractivity contribution in [2.45, 2.75) is 31.7 Å². The normalized spacial score (nSPS) is 22.1. The van der Waals surface area contributed by atoms with E-state index >= 15 is 0 Å². The van der Waals surface area contributed by atoms with E-state index in [1.165, 1.54) is 6.20 Å². The third kappa shape index (κ3) is 2.72. The average molecular weight is 271 g/mol. The molecule has 0 radical (unpaired) electrons. The number of rotatable bonds is 3. The number of nitriles is 1. The van der Waals surface area contributed by atoms with Crippen molar-refractivity contribution in [2.24, 2.45) is 5.92 Å². The summed E-state index contributed by atoms with van der Waals surface area (Å²) in [5, 5.41) is 12.2. The summed E-state index contributed by atoms with van der Waals surface area (Å²) in [6, 6.07) is 2.22. The number of piperidine rings is 1. The third-order valence-electron chi connectivity index (χ3n) is 3.80. The van der Waals surface area contributed by atoms with Crippen LogP contribution in [0.15, 0.2) is 12.4 Å². The van der Waals surface area contributed by atoms with Crippen molar-refractivity contribution < 1.29 is 4.79 Å². The van der Waals surface area contributed by atoms with Crippen molar-refractivity contribution in [2.75, 3.05) is 18.0 Å². The predicted octanol–water partition coefficient (Wildman–Crippen LogP) is 0.843. The van der Waals surface area contributed by atoms with E-state index in [2.05, 4.69) is 21.4 Å². The van der Waals surface area contributed by atoms with E-state index in [0.717, 1.165) is 32.2 Å². The Bertz CT molecular complexity index is 549. The van der Waals surface area contributed by atoms with E-state index < -0.39 is 0 Å². The second-order valence-corrected chi connectivity index (χ2v) is 5.41. The maximum atomic E-state index is 11.8. The molecular formula is C14H17N5O. The number of amides is 1. The molecule has 0 spiro atoms. The summed E-state index contributed by atoms with van der Waals surface area (Å²) in [6.45, 7) is 1.55. The average Bonchev–Trinajstić information content (AvgIpc) is 3.32. The number of hydrogen-bond donors (Lipinski definition) is 1. The molecule has 2 aliphatic rings. The zero-order chi connectivity index (χ0) is 13.9. The fraction of sp³-hybridized carbons (Fsp3) is 0.571. The molecule has 1 aromatic heterocycles. The maximum absolute atomic E-state index is 11.8. The van der Waals surface area contributed by atoms with Crippen molar-refractivity contribution in [3.63, 3.8) is 0 Å². The Kier molecular flexibility index (Phi) is 3.50. The molecule has 1 aromatic rings. The van der Waals surface area contributed by atoms with Gasteiger partial charge in [-0.05, 0) is 25.7 Å². The van der Waals surface area contributed by atoms with Crippen LogP contribution in [0.3, 0.4) is 0 Å². The fourth-order valence-electron chi connectivity index (χ4n) is 2.59. The highest BCUT2D eigenvalue weighted by Crippen LogP contribution is 2.29. The van der Waals surface area contributed by atoms with Crippen molar-refractivity contribution in [1.82, 2.24) is 15.3 Å². The number of nitrogens with one attached hydrogen (secondary N) is 1. The summed E-state index contributed by atoms with van der Waals surface area (Å²) < 4.78 is 0. The molecule has 1 saturated carbocycles. The van der Waals surface area contributed by atoms with Gasteiger partial charge in [-0.2, -0.15) is 5.26 Å². The summed E-state index contributed by atoms with van der Waals surface area (Å²) in [4.78, 5) is 22.2. The number of carbonyl (C=O) groups excluding carboxylic acids is 1. The van der Waals surface area contributed by atoms with Crippen LogP contribution < -0.4 is 10.2 Å². The predicted molar refractivity (Wildman–Crippen MR) is 72.8 cm³/mol. The van der Waals surface area contributed by atoms with Crippen LogP contribution in [-0.2, 0) is 4.79 Å². The zero-order valence-corrected chi connectivity index (χ0v) is 11.2. The third-order valence-corrected chi connectivity index (χ3v) is 3.80. The highest BCUT2D eigenvalue weighted by Gasteiger charge is 2.32. The Morgan fingerprint density at radius 1 is 1.35 bits per heavy atom. The van der Waals surface area contributed by atoms with Gasteiger partial charge in [-0.15, -0.1) is 0 Å². The molecule has 0 bridgehead atoms. The summed E-state index contributed by atoms with van der Waals surface area (Å²) in [6.07, 6.45) is 7.13. The molecule has 1 N–H and O–H groups in total. The summed E-state index contributed by atoms with van der Waals surface area (Å²) in [5.41, 5.74) is 0.349. The summed E-state index contributed by atoms with van der Waals surface area (Å²) in [7, 11) is 0. The minimum Gasteiger partial charge on any atom is -0.352 e. The van der Waals surface area contributed by atoms with Crippen molar-refractivity contribution in [3.8, 4) is 6.07 Å². The molecule has 6 nitrogen and oxygen atoms in total. The minimum atomic E-state index is 0.144. The van der Waals surface area contributed by atoms with Gasteiger partial charge in [0.1, 0.15) is 6.07 Å². The molecule has 1 aliphatic heterocycles. The van der Waals surface area contributed by atoms with Gasteiger partial charge in [0.25, 0.3) is 0 Å². The van der Waals surface area contributed by atoms with Crippen LogP contribution >= 0.6 is 0 Å². The van der Waals surface area contributed by atoms with Gasteiger partial charge in [0, 0.05) is 37.4 Å². The lowest BCUT2D eigenvalue weighted by Gasteiger charge is -2.34. The van der Waals surface area contributed by atoms with Gasteiger partial charge in [-0.3, -0.25) is 4.79 Å². The second kappa shape index (κ2) is 5.45. The SMILES string of the molecule is N#Cc1nccnc1N1CCCC(NC(=O)C2CC2)C1. The number of nitrogens with zero attached hydrogens (tertiary/aromatic N) is 4. The molecule has 1 saturated heterocycles. The van der Waals surface area contributed by atoms with Crippen LogP contribution in [0.1, 0.15) is 31.4 Å². The van der Waals surface area contributed by atoms with E-state index in [4.69, 9.17) is 5.26 Å². The van der Waals surface area contributed by atoms with Gasteiger partial charge < -0.3 is 10.2 Å². The van der Waals surface area contributed by atoms with Crippen LogP contribution in [0.4, 0.5) is 5.82 Å². The monoisotopic (exact) mass is 271 g/mol. The van der Waals surface area contributed by atoms with E-state index in [0.29, 0.717) is 18.1 Å². The van der Waals surface area contributed by atoms with Crippen molar-refractivity contribution in [1.29, 1.82) is 5.26 Å². The van der Waals surface area contributed by atoms with Crippen LogP contribution in [0.5, 0.6) is 0 Å². The molecule has 1 unspecified atom stereocenters. The highest BCUT2D eigenvalue weighted by molar-refractivity contribution is 5.81. The number of carbonyl (C=O) groups is 1. The zero-order valence-electron chi connectivity index (χ0n) is 11.2. The summed E-state index contributed by atoms with van der Waals surface area (Å²) in [5.74, 6) is 1.04. The first-order chi connectivity index (χ1) is 9.78. The Balaban J connectivity index is 1.68. The van der Waals surface area contributed by atoms with Gasteiger partial charge in [0.05, 0.1) is 0 Å². The number of aromatic nitrogens is 2. The Morgan fingerprint density at radius 2 is 2.15 bits per heavy atom. The Labute approximate surface area is 117 Å². The standard InChI is InChI=1S/C14H17N5O/c15-8-12-13(17-6-5-16-12)19-7-1-2-11(9-19)18-14(20)10-3-4-10/h5-6,10-11H,1-4,7,9H2,(H,18,20). The van der Waals surface area contributed by atoms with E-state index in [9.17, 15) is 4.79 Å². The highest BCUT2D eigenvalue weighted by atomic mass is 16.2. The van der Waals surface area contributed by atoms with Crippen LogP contribution in [-0.4, -0.2) is 35.0 Å². The van der Waals surface area contributed by atoms with Gasteiger partial charge in [-0.1, -0.05) is 0 Å². The van der Waals surface area contributed by atoms with E-state index in [-0.39, 0.29) is 17.9 Å². The van der Waals surface area contributed by atoms with Gasteiger partial charge in [-0.25, -0.2) is 9.97 Å². The Morgan fingerprint density at radius 3 is 2.90 bits per heavy atom. The molecule has 3 rings (SSSR count). The van der Waals surface area contributed by atoms with E-state index in [1.807, 2.05) is 4.90 Å². The number of hydrogen-bond acceptors (Lipinski definition) is 5. The molecule has 1 atom stereocenters. The topological polar surface area (TPSA) is 81.9 Å². The Hall–Kier alpha value is -2.16. The molecule has 1 aliphatic carbocycles. The largest absolute Gasteiger partial charge is 0.352 e. The minimum absolute atomic E-state index is 0.144. The number of anilines is 1. The van der Waals surface area contributed by atoms with Crippen LogP contribution in [0, 0.1) is 17.2 Å². The molecule has 20 heavy (non-hydrogen) atoms. The molecule has 2 heterocycles. The first-order valence-corrected chi connectivity index (χ1v) is 7.04. The second-order valence-electron chi connectivity index (χ2n) is 5.41. The van der Waals surface area contributed by atoms with Gasteiger partial charge >= 0.3 is 0 Å². The van der Waals surface area contributed by atoms with E-state index in [1.54, 1.807) is 6.20 Å². The van der Waals surface area contributed by atoms with Crippen molar-refractivity contribution >= 4 is 11.7 Å². The first-order valence-electron chi connectivity index (χ1n) is 7.04. The molecule has 104 valence electrons. The summed E-state index contributed by atoms with van der Waals surface area (Å²) >= 11 is 0. The lowest BCUT2D eigenvalue weighted by Crippen LogP contribution is -2.48. The fourth-order valence-corrected chi connectivity index (χ4v) is 2.59. The maximum Gasteiger partial charge on any atom is 0.223 e. The van der Waals surface area contributed by atoms with Crippen LogP contribution in [0.25, 0.3) is 0 Å². The van der Waals surface area contributed by atoms with Gasteiger partial charge in [0.2, 0.25) is 5.91 Å². The van der Waals surface area contributed by atoms with Gasteiger partial charge in [0.15, 0.2) is 11.5 Å². The molecule has 0 aromatic carbocycles. The van der Waals surface area contributed by atoms with Crippen molar-refractivity contribution in [3.05, 3.63) is 18.1 Å². The molecule has 6 heteroatoms. The smallest absolute Gasteiger partial charge is 0.223 e. The molecule has 1 amide bonds. The lowest BCUT2D eigenvalue weighted by atomic mass is 10.1. The lowest BCUT2D eigenvalue weighted by molar-refractivity contribution is -0.123. The molecule has 2 fully saturated rings. The molecular weight excluding hydrogens is 254 g/mol. The quantitative estimate of drug-likeness (QED) is 0.881. The first kappa shape index (κ1) is 12.9. The van der Waals surface area contributed by atoms with Crippen LogP contribution in [0.2, 0.25) is 0 Å².